The number of anilines is 1. The molecule has 6 N–H and O–H groups in total. The van der Waals surface area contributed by atoms with Crippen LogP contribution in [0.4, 0.5) is 19.3 Å². The van der Waals surface area contributed by atoms with E-state index < -0.39 is 17.4 Å². The maximum atomic E-state index is 13.2. The molecule has 0 bridgehead atoms. The third kappa shape index (κ3) is 13.6. The van der Waals surface area contributed by atoms with Gasteiger partial charge in [0, 0.05) is 41.2 Å². The first-order chi connectivity index (χ1) is 29.6. The second-order valence-electron chi connectivity index (χ2n) is 15.5. The molecule has 4 aromatic carbocycles. The van der Waals surface area contributed by atoms with Gasteiger partial charge < -0.3 is 41.2 Å². The molecular weight excluding hydrogens is 890 g/mol. The summed E-state index contributed by atoms with van der Waals surface area (Å²) in [4.78, 5) is 50.9. The van der Waals surface area contributed by atoms with Crippen LogP contribution in [0.15, 0.2) is 89.4 Å². The van der Waals surface area contributed by atoms with E-state index in [0.717, 1.165) is 34.9 Å². The molecule has 2 aliphatic rings. The molecule has 2 fully saturated rings. The van der Waals surface area contributed by atoms with Crippen LogP contribution in [0.5, 0.6) is 11.5 Å². The number of carbonyl (C=O) groups is 4. The number of hydrogen-bond acceptors (Lipinski definition) is 8. The van der Waals surface area contributed by atoms with E-state index in [0.29, 0.717) is 79.8 Å². The summed E-state index contributed by atoms with van der Waals surface area (Å²) in [6.07, 6.45) is 3.60. The predicted molar refractivity (Wildman–Crippen MR) is 232 cm³/mol. The highest BCUT2D eigenvalue weighted by atomic mass is 79.9. The molecule has 6 rings (SSSR count). The Hall–Kier alpha value is -5.76. The smallest absolute Gasteiger partial charge is 0.316 e. The molecule has 0 aromatic heterocycles. The van der Waals surface area contributed by atoms with E-state index in [9.17, 15) is 33.2 Å². The quantitative estimate of drug-likeness (QED) is 0.102. The van der Waals surface area contributed by atoms with Crippen molar-refractivity contribution in [2.24, 2.45) is 22.3 Å². The van der Waals surface area contributed by atoms with Crippen molar-refractivity contribution in [2.75, 3.05) is 51.3 Å². The number of primary amides is 1. The van der Waals surface area contributed by atoms with Gasteiger partial charge >= 0.3 is 12.0 Å². The van der Waals surface area contributed by atoms with Gasteiger partial charge in [0.15, 0.2) is 13.2 Å². The van der Waals surface area contributed by atoms with E-state index in [4.69, 9.17) is 37.6 Å². The van der Waals surface area contributed by atoms with Crippen LogP contribution in [-0.2, 0) is 33.6 Å². The summed E-state index contributed by atoms with van der Waals surface area (Å²) in [6.45, 7) is 2.10. The van der Waals surface area contributed by atoms with Crippen molar-refractivity contribution >= 4 is 57.0 Å². The fraction of sp³-hybridized carbons (Fsp3) is 0.356. The van der Waals surface area contributed by atoms with Crippen molar-refractivity contribution in [1.82, 2.24) is 9.80 Å². The van der Waals surface area contributed by atoms with E-state index in [1.54, 1.807) is 64.4 Å². The zero-order valence-electron chi connectivity index (χ0n) is 33.9. The second kappa shape index (κ2) is 21.9. The normalized spacial score (nSPS) is 15.3. The predicted octanol–water partition coefficient (Wildman–Crippen LogP) is 7.13. The molecule has 17 heteroatoms. The Balaban J connectivity index is 0.000000234. The molecule has 62 heavy (non-hydrogen) atoms. The number of nitrogens with two attached hydrogens (primary N) is 2. The minimum Gasteiger partial charge on any atom is -0.483 e. The van der Waals surface area contributed by atoms with Crippen LogP contribution in [-0.4, -0.2) is 84.7 Å². The lowest BCUT2D eigenvalue weighted by Crippen LogP contribution is -2.48. The molecule has 4 amide bonds. The number of carboxylic acids is 1. The van der Waals surface area contributed by atoms with Gasteiger partial charge in [-0.2, -0.15) is 5.26 Å². The second-order valence-corrected chi connectivity index (χ2v) is 16.8. The summed E-state index contributed by atoms with van der Waals surface area (Å²) in [5.41, 5.74) is 13.3. The molecule has 0 unspecified atom stereocenters. The lowest BCUT2D eigenvalue weighted by molar-refractivity contribution is -0.136. The Bertz CT molecular complexity index is 2240. The number of likely N-dealkylation sites (tertiary alicyclic amines) is 2. The monoisotopic (exact) mass is 936 g/mol. The third-order valence-corrected chi connectivity index (χ3v) is 11.9. The van der Waals surface area contributed by atoms with Gasteiger partial charge in [0.1, 0.15) is 23.1 Å². The van der Waals surface area contributed by atoms with Crippen molar-refractivity contribution in [2.45, 2.75) is 44.9 Å². The molecule has 0 aliphatic carbocycles. The van der Waals surface area contributed by atoms with Crippen molar-refractivity contribution in [3.8, 4) is 17.6 Å². The maximum Gasteiger partial charge on any atom is 0.316 e. The highest BCUT2D eigenvalue weighted by Crippen LogP contribution is 2.36. The van der Waals surface area contributed by atoms with Gasteiger partial charge in [0.2, 0.25) is 0 Å². The minimum atomic E-state index is -0.987. The Morgan fingerprint density at radius 3 is 1.82 bits per heavy atom. The number of halogens is 4. The fourth-order valence-electron chi connectivity index (χ4n) is 7.53. The number of nitrogens with zero attached hydrogens (tertiary/aromatic N) is 3. The van der Waals surface area contributed by atoms with Crippen molar-refractivity contribution in [1.29, 1.82) is 5.26 Å². The number of piperidine rings is 2. The Labute approximate surface area is 372 Å². The summed E-state index contributed by atoms with van der Waals surface area (Å²) in [7, 11) is 0. The van der Waals surface area contributed by atoms with E-state index in [-0.39, 0.29) is 48.5 Å². The van der Waals surface area contributed by atoms with E-state index in [1.807, 2.05) is 0 Å². The van der Waals surface area contributed by atoms with Gasteiger partial charge in [-0.1, -0.05) is 51.8 Å². The summed E-state index contributed by atoms with van der Waals surface area (Å²) < 4.78 is 38.3. The highest BCUT2D eigenvalue weighted by molar-refractivity contribution is 9.10. The van der Waals surface area contributed by atoms with Crippen LogP contribution in [0.25, 0.3) is 0 Å². The van der Waals surface area contributed by atoms with Crippen LogP contribution in [0.1, 0.15) is 42.4 Å². The summed E-state index contributed by atoms with van der Waals surface area (Å²) in [5.74, 6) is -1.27. The van der Waals surface area contributed by atoms with Gasteiger partial charge in [-0.3, -0.25) is 14.4 Å². The molecule has 0 radical (unpaired) electrons. The zero-order valence-corrected chi connectivity index (χ0v) is 36.2. The molecule has 328 valence electrons. The number of nitriles is 1. The van der Waals surface area contributed by atoms with Gasteiger partial charge in [0.05, 0.1) is 23.6 Å². The topological polar surface area (TPSA) is 201 Å². The number of carboxylic acid groups (broad SMARTS) is 1. The first kappa shape index (κ1) is 47.3. The third-order valence-electron chi connectivity index (χ3n) is 11.1. The van der Waals surface area contributed by atoms with Gasteiger partial charge in [-0.05, 0) is 122 Å². The molecule has 0 atom stereocenters. The zero-order chi connectivity index (χ0) is 44.9. The standard InChI is InChI=1S/C23H22BrFN2O4.C22H26ClFN4O3/c24-18-3-6-20(17(11-18)12-22(29)30)31-14-21(28)27-9-7-23(15-26,8-10-27)13-16-1-4-19(25)5-2-16;23-16-3-6-19(18(11-16)27-21(26)30)31-13-20(29)28-9-7-22(14-25,8-10-28)12-15-1-4-17(24)5-2-15/h1-6,11H,7-10,12-14H2,(H,29,30);1-6,11H,7-10,12-14,25H2,(H3,26,27,30). The van der Waals surface area contributed by atoms with Gasteiger partial charge in [-0.15, -0.1) is 0 Å². The summed E-state index contributed by atoms with van der Waals surface area (Å²) in [5, 5.41) is 21.6. The van der Waals surface area contributed by atoms with E-state index in [2.05, 4.69) is 27.3 Å². The summed E-state index contributed by atoms with van der Waals surface area (Å²) in [6, 6.07) is 23.9. The van der Waals surface area contributed by atoms with Crippen LogP contribution >= 0.6 is 27.5 Å². The van der Waals surface area contributed by atoms with Crippen LogP contribution in [0.2, 0.25) is 5.02 Å². The largest absolute Gasteiger partial charge is 0.483 e. The Morgan fingerprint density at radius 1 is 0.790 bits per heavy atom. The van der Waals surface area contributed by atoms with Crippen LogP contribution in [0, 0.1) is 33.8 Å². The average molecular weight is 938 g/mol. The number of urea groups is 1. The van der Waals surface area contributed by atoms with E-state index >= 15 is 0 Å². The number of ether oxygens (including phenoxy) is 2. The lowest BCUT2D eigenvalue weighted by atomic mass is 9.74. The van der Waals surface area contributed by atoms with Gasteiger partial charge in [-0.25, -0.2) is 13.6 Å². The molecule has 2 saturated heterocycles. The first-order valence-electron chi connectivity index (χ1n) is 19.9. The average Bonchev–Trinajstić information content (AvgIpc) is 3.25. The maximum absolute atomic E-state index is 13.2. The minimum absolute atomic E-state index is 0.121. The molecule has 0 saturated carbocycles. The number of amides is 4. The number of carbonyl (C=O) groups excluding carboxylic acids is 3. The lowest BCUT2D eigenvalue weighted by Gasteiger charge is -2.41. The van der Waals surface area contributed by atoms with Crippen molar-refractivity contribution < 1.29 is 42.5 Å². The van der Waals surface area contributed by atoms with Crippen molar-refractivity contribution in [3.05, 3.63) is 123 Å². The molecule has 13 nitrogen and oxygen atoms in total. The molecule has 2 heterocycles. The number of hydrogen-bond donors (Lipinski definition) is 4. The molecular formula is C45H48BrClF2N6O7. The molecule has 0 spiro atoms. The number of nitrogens with one attached hydrogen (secondary N) is 1. The molecule has 4 aromatic rings. The number of benzene rings is 4. The van der Waals surface area contributed by atoms with Crippen LogP contribution < -0.4 is 26.3 Å². The van der Waals surface area contributed by atoms with E-state index in [1.165, 1.54) is 30.3 Å². The number of rotatable bonds is 14. The highest BCUT2D eigenvalue weighted by Gasteiger charge is 2.37. The van der Waals surface area contributed by atoms with Gasteiger partial charge in [0.25, 0.3) is 11.8 Å². The summed E-state index contributed by atoms with van der Waals surface area (Å²) >= 11 is 9.24. The Kier molecular flexibility index (Phi) is 16.7. The van der Waals surface area contributed by atoms with Crippen LogP contribution in [0.3, 0.4) is 0 Å². The fourth-order valence-corrected chi connectivity index (χ4v) is 8.11. The number of aliphatic carboxylic acids is 1. The first-order valence-corrected chi connectivity index (χ1v) is 21.1. The van der Waals surface area contributed by atoms with Crippen molar-refractivity contribution in [3.63, 3.8) is 0 Å². The molecule has 2 aliphatic heterocycles. The SMILES string of the molecule is N#CC1(Cc2ccc(F)cc2)CCN(C(=O)COc2ccc(Br)cc2CC(=O)O)CC1.NCC1(Cc2ccc(F)cc2)CCN(C(=O)COc2ccc(Cl)cc2NC(N)=O)CC1. The Morgan fingerprint density at radius 2 is 1.31 bits per heavy atom.